The van der Waals surface area contributed by atoms with Crippen LogP contribution >= 0.6 is 0 Å². The van der Waals surface area contributed by atoms with Crippen molar-refractivity contribution in [2.24, 2.45) is 5.92 Å². The average Bonchev–Trinajstić information content (AvgIpc) is 3.25. The Morgan fingerprint density at radius 2 is 2.07 bits per heavy atom. The molecule has 27 heavy (non-hydrogen) atoms. The normalized spacial score (nSPS) is 16.9. The fourth-order valence-electron chi connectivity index (χ4n) is 3.17. The molecular formula is C20H17FN2O4. The highest BCUT2D eigenvalue weighted by Crippen LogP contribution is 2.31. The van der Waals surface area contributed by atoms with E-state index < -0.39 is 5.92 Å². The first-order valence-corrected chi connectivity index (χ1v) is 8.68. The lowest BCUT2D eigenvalue weighted by atomic mass is 10.1. The minimum atomic E-state index is -0.458. The Morgan fingerprint density at radius 1 is 1.30 bits per heavy atom. The standard InChI is InChI=1S/C20H17FN2O4/c1-2-26-20(25)13-9-18(24)23(11-13)15-7-8-17-16(10-15)22-19(27-17)12-3-5-14(21)6-4-12/h3-8,10,13H,2,9,11H2,1H3/t13-/m0/s1. The number of carbonyl (C=O) groups excluding carboxylic acids is 2. The van der Waals surface area contributed by atoms with E-state index in [0.717, 1.165) is 0 Å². The maximum Gasteiger partial charge on any atom is 0.311 e. The summed E-state index contributed by atoms with van der Waals surface area (Å²) in [5.74, 6) is -0.899. The van der Waals surface area contributed by atoms with Crippen LogP contribution in [0.2, 0.25) is 0 Å². The molecular weight excluding hydrogens is 351 g/mol. The van der Waals surface area contributed by atoms with Crippen LogP contribution in [0.5, 0.6) is 0 Å². The van der Waals surface area contributed by atoms with Crippen LogP contribution in [0.4, 0.5) is 10.1 Å². The number of oxazole rings is 1. The predicted molar refractivity (Wildman–Crippen MR) is 96.5 cm³/mol. The third-order valence-corrected chi connectivity index (χ3v) is 4.52. The van der Waals surface area contributed by atoms with Gasteiger partial charge in [-0.25, -0.2) is 9.37 Å². The summed E-state index contributed by atoms with van der Waals surface area (Å²) in [6, 6.07) is 11.1. The van der Waals surface area contributed by atoms with E-state index in [1.807, 2.05) is 0 Å². The summed E-state index contributed by atoms with van der Waals surface area (Å²) in [5, 5.41) is 0. The zero-order valence-electron chi connectivity index (χ0n) is 14.6. The van der Waals surface area contributed by atoms with Crippen LogP contribution in [0.15, 0.2) is 46.9 Å². The Kier molecular flexibility index (Phi) is 4.35. The number of ether oxygens (including phenoxy) is 1. The number of rotatable bonds is 4. The number of hydrogen-bond acceptors (Lipinski definition) is 5. The number of nitrogens with zero attached hydrogens (tertiary/aromatic N) is 2. The zero-order valence-corrected chi connectivity index (χ0v) is 14.6. The summed E-state index contributed by atoms with van der Waals surface area (Å²) >= 11 is 0. The molecule has 1 atom stereocenters. The van der Waals surface area contributed by atoms with Gasteiger partial charge in [-0.05, 0) is 49.4 Å². The molecule has 2 aromatic carbocycles. The first-order valence-electron chi connectivity index (χ1n) is 8.68. The summed E-state index contributed by atoms with van der Waals surface area (Å²) in [5.41, 5.74) is 2.46. The van der Waals surface area contributed by atoms with E-state index in [2.05, 4.69) is 4.98 Å². The fraction of sp³-hybridized carbons (Fsp3) is 0.250. The quantitative estimate of drug-likeness (QED) is 0.659. The van der Waals surface area contributed by atoms with E-state index in [9.17, 15) is 14.0 Å². The van der Waals surface area contributed by atoms with Crippen LogP contribution in [-0.2, 0) is 14.3 Å². The molecule has 0 spiro atoms. The molecule has 0 radical (unpaired) electrons. The van der Waals surface area contributed by atoms with Crippen molar-refractivity contribution in [2.75, 3.05) is 18.1 Å². The lowest BCUT2D eigenvalue weighted by Crippen LogP contribution is -2.26. The van der Waals surface area contributed by atoms with Crippen molar-refractivity contribution >= 4 is 28.7 Å². The van der Waals surface area contributed by atoms with Gasteiger partial charge in [0.2, 0.25) is 11.8 Å². The van der Waals surface area contributed by atoms with Crippen molar-refractivity contribution in [3.63, 3.8) is 0 Å². The SMILES string of the molecule is CCOC(=O)[C@H]1CC(=O)N(c2ccc3oc(-c4ccc(F)cc4)nc3c2)C1. The molecule has 3 aromatic rings. The first kappa shape index (κ1) is 17.2. The smallest absolute Gasteiger partial charge is 0.311 e. The average molecular weight is 368 g/mol. The van der Waals surface area contributed by atoms with Gasteiger partial charge in [0.1, 0.15) is 11.3 Å². The topological polar surface area (TPSA) is 72.6 Å². The number of anilines is 1. The third kappa shape index (κ3) is 3.28. The van der Waals surface area contributed by atoms with Crippen molar-refractivity contribution in [1.29, 1.82) is 0 Å². The summed E-state index contributed by atoms with van der Waals surface area (Å²) < 4.78 is 23.8. The number of halogens is 1. The molecule has 1 saturated heterocycles. The van der Waals surface area contributed by atoms with Gasteiger partial charge in [0.25, 0.3) is 0 Å². The van der Waals surface area contributed by atoms with Gasteiger partial charge < -0.3 is 14.1 Å². The Bertz CT molecular complexity index is 1010. The van der Waals surface area contributed by atoms with E-state index in [4.69, 9.17) is 9.15 Å². The summed E-state index contributed by atoms with van der Waals surface area (Å²) in [4.78, 5) is 30.2. The maximum absolute atomic E-state index is 13.1. The number of hydrogen-bond donors (Lipinski definition) is 0. The van der Waals surface area contributed by atoms with Gasteiger partial charge in [0.15, 0.2) is 5.58 Å². The molecule has 1 fully saturated rings. The van der Waals surface area contributed by atoms with E-state index in [-0.39, 0.29) is 30.7 Å². The Balaban J connectivity index is 1.61. The number of benzene rings is 2. The highest BCUT2D eigenvalue weighted by molar-refractivity contribution is 6.00. The van der Waals surface area contributed by atoms with Crippen LogP contribution in [0.3, 0.4) is 0 Å². The highest BCUT2D eigenvalue weighted by Gasteiger charge is 2.36. The molecule has 4 rings (SSSR count). The molecule has 0 N–H and O–H groups in total. The Labute approximate surface area is 154 Å². The summed E-state index contributed by atoms with van der Waals surface area (Å²) in [6.45, 7) is 2.32. The van der Waals surface area contributed by atoms with Crippen LogP contribution in [0.25, 0.3) is 22.6 Å². The number of amides is 1. The molecule has 0 aliphatic carbocycles. The lowest BCUT2D eigenvalue weighted by Gasteiger charge is -2.16. The minimum absolute atomic E-state index is 0.130. The summed E-state index contributed by atoms with van der Waals surface area (Å²) in [6.07, 6.45) is 0.135. The maximum atomic E-state index is 13.1. The van der Waals surface area contributed by atoms with Gasteiger partial charge in [-0.1, -0.05) is 0 Å². The molecule has 0 unspecified atom stereocenters. The molecule has 0 bridgehead atoms. The van der Waals surface area contributed by atoms with E-state index in [1.165, 1.54) is 12.1 Å². The number of esters is 1. The molecule has 1 aliphatic rings. The molecule has 1 aromatic heterocycles. The van der Waals surface area contributed by atoms with Gasteiger partial charge in [-0.3, -0.25) is 9.59 Å². The highest BCUT2D eigenvalue weighted by atomic mass is 19.1. The molecule has 1 amide bonds. The number of carbonyl (C=O) groups is 2. The van der Waals surface area contributed by atoms with E-state index in [1.54, 1.807) is 42.2 Å². The van der Waals surface area contributed by atoms with Crippen molar-refractivity contribution in [3.8, 4) is 11.5 Å². The second-order valence-electron chi connectivity index (χ2n) is 6.34. The fourth-order valence-corrected chi connectivity index (χ4v) is 3.17. The third-order valence-electron chi connectivity index (χ3n) is 4.52. The molecule has 0 saturated carbocycles. The first-order chi connectivity index (χ1) is 13.0. The predicted octanol–water partition coefficient (Wildman–Crippen LogP) is 3.55. The zero-order chi connectivity index (χ0) is 19.0. The lowest BCUT2D eigenvalue weighted by molar-refractivity contribution is -0.147. The van der Waals surface area contributed by atoms with Gasteiger partial charge >= 0.3 is 5.97 Å². The van der Waals surface area contributed by atoms with Gasteiger partial charge in [0.05, 0.1) is 12.5 Å². The van der Waals surface area contributed by atoms with Gasteiger partial charge in [-0.2, -0.15) is 0 Å². The van der Waals surface area contributed by atoms with Crippen molar-refractivity contribution < 1.29 is 23.1 Å². The Hall–Kier alpha value is -3.22. The number of fused-ring (bicyclic) bond motifs is 1. The van der Waals surface area contributed by atoms with E-state index >= 15 is 0 Å². The van der Waals surface area contributed by atoms with Crippen LogP contribution < -0.4 is 4.90 Å². The Morgan fingerprint density at radius 3 is 2.81 bits per heavy atom. The van der Waals surface area contributed by atoms with Crippen LogP contribution in [0.1, 0.15) is 13.3 Å². The monoisotopic (exact) mass is 368 g/mol. The van der Waals surface area contributed by atoms with Crippen LogP contribution in [0, 0.1) is 11.7 Å². The van der Waals surface area contributed by atoms with E-state index in [0.29, 0.717) is 34.8 Å². The van der Waals surface area contributed by atoms with Crippen molar-refractivity contribution in [3.05, 3.63) is 48.3 Å². The molecule has 138 valence electrons. The minimum Gasteiger partial charge on any atom is -0.466 e. The van der Waals surface area contributed by atoms with Crippen molar-refractivity contribution in [2.45, 2.75) is 13.3 Å². The molecule has 1 aliphatic heterocycles. The molecule has 7 heteroatoms. The largest absolute Gasteiger partial charge is 0.466 e. The van der Waals surface area contributed by atoms with Gasteiger partial charge in [0, 0.05) is 24.2 Å². The van der Waals surface area contributed by atoms with Crippen LogP contribution in [-0.4, -0.2) is 30.0 Å². The van der Waals surface area contributed by atoms with Gasteiger partial charge in [-0.15, -0.1) is 0 Å². The van der Waals surface area contributed by atoms with Crippen molar-refractivity contribution in [1.82, 2.24) is 4.98 Å². The second-order valence-corrected chi connectivity index (χ2v) is 6.34. The summed E-state index contributed by atoms with van der Waals surface area (Å²) in [7, 11) is 0. The molecule has 6 nitrogen and oxygen atoms in total. The number of aromatic nitrogens is 1. The molecule has 2 heterocycles. The second kappa shape index (κ2) is 6.83.